The van der Waals surface area contributed by atoms with Crippen molar-refractivity contribution in [2.75, 3.05) is 6.61 Å². The first-order valence-electron chi connectivity index (χ1n) is 9.51. The number of hydrogen-bond donors (Lipinski definition) is 0. The van der Waals surface area contributed by atoms with E-state index in [1.807, 2.05) is 36.4 Å². The Morgan fingerprint density at radius 1 is 1.20 bits per heavy atom. The molecule has 0 saturated carbocycles. The van der Waals surface area contributed by atoms with Gasteiger partial charge >= 0.3 is 11.9 Å². The third-order valence-corrected chi connectivity index (χ3v) is 4.92. The van der Waals surface area contributed by atoms with Gasteiger partial charge < -0.3 is 13.9 Å². The van der Waals surface area contributed by atoms with Crippen molar-refractivity contribution in [3.05, 3.63) is 72.3 Å². The number of aromatic nitrogens is 3. The maximum atomic E-state index is 13.0. The van der Waals surface area contributed by atoms with E-state index in [9.17, 15) is 9.59 Å². The molecule has 1 fully saturated rings. The number of ether oxygens (including phenoxy) is 2. The summed E-state index contributed by atoms with van der Waals surface area (Å²) in [7, 11) is 0. The highest BCUT2D eigenvalue weighted by Gasteiger charge is 2.31. The van der Waals surface area contributed by atoms with E-state index in [2.05, 4.69) is 5.10 Å². The van der Waals surface area contributed by atoms with Gasteiger partial charge in [-0.1, -0.05) is 30.3 Å². The zero-order chi connectivity index (χ0) is 20.5. The quantitative estimate of drug-likeness (QED) is 0.472. The topological polar surface area (TPSA) is 96.5 Å². The average Bonchev–Trinajstić information content (AvgIpc) is 3.51. The number of furan rings is 1. The van der Waals surface area contributed by atoms with Gasteiger partial charge in [0.25, 0.3) is 0 Å². The standard InChI is InChI=1S/C22H17N3O5/c26-21(30-19-8-10-29-22(19)27)16-11-18(14-5-2-1-3-6-14)24-20-17(16)12-23-25(20)13-15-7-4-9-28-15/h1-7,9,11-12,19H,8,10,13H2. The van der Waals surface area contributed by atoms with Crippen molar-refractivity contribution in [2.45, 2.75) is 19.1 Å². The van der Waals surface area contributed by atoms with Gasteiger partial charge in [-0.2, -0.15) is 5.10 Å². The van der Waals surface area contributed by atoms with Gasteiger partial charge in [-0.25, -0.2) is 19.3 Å². The Morgan fingerprint density at radius 2 is 2.07 bits per heavy atom. The van der Waals surface area contributed by atoms with Crippen LogP contribution in [0.1, 0.15) is 22.5 Å². The number of carbonyl (C=O) groups is 2. The Morgan fingerprint density at radius 3 is 2.80 bits per heavy atom. The van der Waals surface area contributed by atoms with Crippen molar-refractivity contribution in [3.8, 4) is 11.3 Å². The van der Waals surface area contributed by atoms with Crippen molar-refractivity contribution in [1.82, 2.24) is 14.8 Å². The highest BCUT2D eigenvalue weighted by atomic mass is 16.6. The molecule has 1 unspecified atom stereocenters. The maximum absolute atomic E-state index is 13.0. The Kier molecular flexibility index (Phi) is 4.51. The van der Waals surface area contributed by atoms with Gasteiger partial charge in [0.15, 0.2) is 5.65 Å². The molecule has 0 bridgehead atoms. The van der Waals surface area contributed by atoms with E-state index in [0.29, 0.717) is 41.0 Å². The molecular formula is C22H17N3O5. The molecule has 30 heavy (non-hydrogen) atoms. The second-order valence-corrected chi connectivity index (χ2v) is 6.89. The zero-order valence-corrected chi connectivity index (χ0v) is 15.9. The van der Waals surface area contributed by atoms with E-state index < -0.39 is 18.0 Å². The van der Waals surface area contributed by atoms with E-state index in [1.54, 1.807) is 29.3 Å². The summed E-state index contributed by atoms with van der Waals surface area (Å²) in [4.78, 5) is 29.4. The zero-order valence-electron chi connectivity index (χ0n) is 15.9. The van der Waals surface area contributed by atoms with Crippen LogP contribution in [0.5, 0.6) is 0 Å². The van der Waals surface area contributed by atoms with Crippen molar-refractivity contribution in [1.29, 1.82) is 0 Å². The van der Waals surface area contributed by atoms with E-state index in [0.717, 1.165) is 5.56 Å². The molecule has 4 aromatic rings. The van der Waals surface area contributed by atoms with Crippen LogP contribution in [0, 0.1) is 0 Å². The first-order chi connectivity index (χ1) is 14.7. The smallest absolute Gasteiger partial charge is 0.347 e. The van der Waals surface area contributed by atoms with Crippen molar-refractivity contribution < 1.29 is 23.5 Å². The summed E-state index contributed by atoms with van der Waals surface area (Å²) in [5.41, 5.74) is 2.27. The molecular weight excluding hydrogens is 386 g/mol. The van der Waals surface area contributed by atoms with Gasteiger partial charge in [0, 0.05) is 12.0 Å². The minimum absolute atomic E-state index is 0.249. The van der Waals surface area contributed by atoms with E-state index >= 15 is 0 Å². The summed E-state index contributed by atoms with van der Waals surface area (Å²) >= 11 is 0. The monoisotopic (exact) mass is 403 g/mol. The number of nitrogens with zero attached hydrogens (tertiary/aromatic N) is 3. The second-order valence-electron chi connectivity index (χ2n) is 6.89. The summed E-state index contributed by atoms with van der Waals surface area (Å²) in [5, 5.41) is 4.93. The number of pyridine rings is 1. The predicted molar refractivity (Wildman–Crippen MR) is 106 cm³/mol. The number of carbonyl (C=O) groups excluding carboxylic acids is 2. The minimum Gasteiger partial charge on any atom is -0.467 e. The van der Waals surface area contributed by atoms with Crippen LogP contribution in [0.15, 0.2) is 65.4 Å². The van der Waals surface area contributed by atoms with Gasteiger partial charge in [-0.3, -0.25) is 0 Å². The molecule has 1 aliphatic heterocycles. The Labute approximate surface area is 171 Å². The molecule has 1 aliphatic rings. The lowest BCUT2D eigenvalue weighted by Gasteiger charge is -2.11. The number of fused-ring (bicyclic) bond motifs is 1. The number of hydrogen-bond acceptors (Lipinski definition) is 7. The molecule has 1 atom stereocenters. The number of cyclic esters (lactones) is 1. The lowest BCUT2D eigenvalue weighted by molar-refractivity contribution is -0.145. The van der Waals surface area contributed by atoms with Crippen LogP contribution in [0.3, 0.4) is 0 Å². The van der Waals surface area contributed by atoms with Crippen molar-refractivity contribution in [3.63, 3.8) is 0 Å². The summed E-state index contributed by atoms with van der Waals surface area (Å²) in [5.74, 6) is -0.420. The van der Waals surface area contributed by atoms with Crippen molar-refractivity contribution in [2.24, 2.45) is 0 Å². The maximum Gasteiger partial charge on any atom is 0.347 e. The lowest BCUT2D eigenvalue weighted by atomic mass is 10.1. The molecule has 1 aromatic carbocycles. The fraction of sp³-hybridized carbons (Fsp3) is 0.182. The van der Waals surface area contributed by atoms with Gasteiger partial charge in [0.1, 0.15) is 12.3 Å². The first kappa shape index (κ1) is 18.1. The molecule has 8 nitrogen and oxygen atoms in total. The largest absolute Gasteiger partial charge is 0.467 e. The molecule has 8 heteroatoms. The molecule has 150 valence electrons. The third kappa shape index (κ3) is 3.32. The van der Waals surface area contributed by atoms with Gasteiger partial charge in [-0.15, -0.1) is 0 Å². The van der Waals surface area contributed by atoms with Crippen molar-refractivity contribution >= 4 is 23.0 Å². The average molecular weight is 403 g/mol. The van der Waals surface area contributed by atoms with Crippen LogP contribution in [0.4, 0.5) is 0 Å². The lowest BCUT2D eigenvalue weighted by Crippen LogP contribution is -2.23. The van der Waals surface area contributed by atoms with Crippen LogP contribution in [0.25, 0.3) is 22.3 Å². The molecule has 0 amide bonds. The fourth-order valence-electron chi connectivity index (χ4n) is 3.42. The summed E-state index contributed by atoms with van der Waals surface area (Å²) in [6.45, 7) is 0.615. The molecule has 1 saturated heterocycles. The van der Waals surface area contributed by atoms with Crippen LogP contribution in [-0.4, -0.2) is 39.4 Å². The SMILES string of the molecule is O=C(OC1CCOC1=O)c1cc(-c2ccccc2)nc2c1cnn2Cc1ccco1. The van der Waals surface area contributed by atoms with E-state index in [-0.39, 0.29) is 6.61 Å². The van der Waals surface area contributed by atoms with E-state index in [1.165, 1.54) is 0 Å². The number of esters is 2. The molecule has 3 aromatic heterocycles. The molecule has 0 radical (unpaired) electrons. The second kappa shape index (κ2) is 7.47. The Bertz CT molecular complexity index is 1210. The van der Waals surface area contributed by atoms with Crippen LogP contribution in [-0.2, 0) is 20.8 Å². The summed E-state index contributed by atoms with van der Waals surface area (Å²) in [6.07, 6.45) is 2.62. The van der Waals surface area contributed by atoms with Gasteiger partial charge in [0.05, 0.1) is 35.7 Å². The first-order valence-corrected chi connectivity index (χ1v) is 9.51. The Hall–Kier alpha value is -3.94. The van der Waals surface area contributed by atoms with Crippen LogP contribution < -0.4 is 0 Å². The molecule has 5 rings (SSSR count). The van der Waals surface area contributed by atoms with E-state index in [4.69, 9.17) is 18.9 Å². The number of rotatable bonds is 5. The normalized spacial score (nSPS) is 16.0. The molecule has 0 spiro atoms. The molecule has 0 N–H and O–H groups in total. The molecule has 4 heterocycles. The summed E-state index contributed by atoms with van der Waals surface area (Å²) in [6, 6.07) is 14.8. The number of benzene rings is 1. The predicted octanol–water partition coefficient (Wildman–Crippen LogP) is 3.21. The Balaban J connectivity index is 1.60. The van der Waals surface area contributed by atoms with Crippen LogP contribution in [0.2, 0.25) is 0 Å². The van der Waals surface area contributed by atoms with Gasteiger partial charge in [0.2, 0.25) is 6.10 Å². The highest BCUT2D eigenvalue weighted by Crippen LogP contribution is 2.27. The highest BCUT2D eigenvalue weighted by molar-refractivity contribution is 6.04. The summed E-state index contributed by atoms with van der Waals surface area (Å²) < 4.78 is 17.4. The third-order valence-electron chi connectivity index (χ3n) is 4.92. The van der Waals surface area contributed by atoms with Gasteiger partial charge in [-0.05, 0) is 18.2 Å². The fourth-order valence-corrected chi connectivity index (χ4v) is 3.42. The van der Waals surface area contributed by atoms with Crippen LogP contribution >= 0.6 is 0 Å². The minimum atomic E-state index is -0.890. The molecule has 0 aliphatic carbocycles.